The Hall–Kier alpha value is -3.81. The standard InChI is InChI=1S/C19H12FN3O4/c1-11-16(10-21-22(11)13-8-6-12(20)7-9-13)19(26)27-23-17(24)14-4-2-3-5-15(14)18(23)25/h2-10H,1H3. The second kappa shape index (κ2) is 6.17. The highest BCUT2D eigenvalue weighted by molar-refractivity contribution is 6.21. The van der Waals surface area contributed by atoms with Gasteiger partial charge in [0.15, 0.2) is 0 Å². The molecule has 0 aliphatic carbocycles. The Labute approximate surface area is 152 Å². The van der Waals surface area contributed by atoms with Crippen LogP contribution in [-0.4, -0.2) is 32.6 Å². The number of rotatable bonds is 3. The fourth-order valence-electron chi connectivity index (χ4n) is 2.83. The van der Waals surface area contributed by atoms with Crippen LogP contribution in [0.3, 0.4) is 0 Å². The van der Waals surface area contributed by atoms with Gasteiger partial charge in [0, 0.05) is 0 Å². The molecule has 134 valence electrons. The molecule has 7 nitrogen and oxygen atoms in total. The highest BCUT2D eigenvalue weighted by atomic mass is 19.1. The monoisotopic (exact) mass is 365 g/mol. The quantitative estimate of drug-likeness (QED) is 0.667. The van der Waals surface area contributed by atoms with E-state index in [-0.39, 0.29) is 16.7 Å². The molecule has 2 amide bonds. The molecule has 0 spiro atoms. The first-order valence-corrected chi connectivity index (χ1v) is 7.98. The van der Waals surface area contributed by atoms with E-state index in [4.69, 9.17) is 4.84 Å². The first-order chi connectivity index (χ1) is 13.0. The average molecular weight is 365 g/mol. The van der Waals surface area contributed by atoms with E-state index in [9.17, 15) is 18.8 Å². The molecule has 4 rings (SSSR count). The van der Waals surface area contributed by atoms with Gasteiger partial charge in [0.1, 0.15) is 11.4 Å². The number of imide groups is 1. The lowest BCUT2D eigenvalue weighted by Gasteiger charge is -2.12. The van der Waals surface area contributed by atoms with Gasteiger partial charge in [-0.15, -0.1) is 0 Å². The molecule has 0 unspecified atom stereocenters. The van der Waals surface area contributed by atoms with Crippen molar-refractivity contribution in [3.63, 3.8) is 0 Å². The summed E-state index contributed by atoms with van der Waals surface area (Å²) >= 11 is 0. The summed E-state index contributed by atoms with van der Waals surface area (Å²) < 4.78 is 14.5. The van der Waals surface area contributed by atoms with Gasteiger partial charge in [0.25, 0.3) is 11.8 Å². The number of carbonyl (C=O) groups excluding carboxylic acids is 3. The Balaban J connectivity index is 1.59. The molecule has 27 heavy (non-hydrogen) atoms. The second-order valence-corrected chi connectivity index (χ2v) is 5.86. The fourth-order valence-corrected chi connectivity index (χ4v) is 2.83. The summed E-state index contributed by atoms with van der Waals surface area (Å²) in [5, 5.41) is 4.54. The lowest BCUT2D eigenvalue weighted by atomic mass is 10.1. The van der Waals surface area contributed by atoms with Gasteiger partial charge in [-0.05, 0) is 43.3 Å². The first kappa shape index (κ1) is 16.6. The molecule has 1 aliphatic heterocycles. The third kappa shape index (κ3) is 2.67. The minimum atomic E-state index is -0.893. The maximum atomic E-state index is 13.1. The van der Waals surface area contributed by atoms with Crippen molar-refractivity contribution in [1.29, 1.82) is 0 Å². The number of hydroxylamine groups is 2. The van der Waals surface area contributed by atoms with Crippen LogP contribution in [0.1, 0.15) is 36.8 Å². The average Bonchev–Trinajstić information content (AvgIpc) is 3.16. The van der Waals surface area contributed by atoms with Crippen LogP contribution in [0.5, 0.6) is 0 Å². The van der Waals surface area contributed by atoms with Gasteiger partial charge in [0.05, 0.1) is 28.7 Å². The van der Waals surface area contributed by atoms with Crippen molar-refractivity contribution in [3.8, 4) is 5.69 Å². The molecular formula is C19H12FN3O4. The topological polar surface area (TPSA) is 81.5 Å². The van der Waals surface area contributed by atoms with Crippen molar-refractivity contribution in [2.24, 2.45) is 0 Å². The van der Waals surface area contributed by atoms with Gasteiger partial charge in [0.2, 0.25) is 0 Å². The maximum absolute atomic E-state index is 13.1. The van der Waals surface area contributed by atoms with E-state index in [2.05, 4.69) is 5.10 Å². The van der Waals surface area contributed by atoms with E-state index in [1.807, 2.05) is 0 Å². The Morgan fingerprint density at radius 2 is 1.59 bits per heavy atom. The van der Waals surface area contributed by atoms with Crippen molar-refractivity contribution in [2.75, 3.05) is 0 Å². The van der Waals surface area contributed by atoms with E-state index in [1.165, 1.54) is 47.3 Å². The molecule has 0 saturated carbocycles. The van der Waals surface area contributed by atoms with Crippen molar-refractivity contribution >= 4 is 17.8 Å². The molecular weight excluding hydrogens is 353 g/mol. The van der Waals surface area contributed by atoms with Crippen LogP contribution in [0.25, 0.3) is 5.69 Å². The van der Waals surface area contributed by atoms with E-state index >= 15 is 0 Å². The third-order valence-corrected chi connectivity index (χ3v) is 4.23. The zero-order chi connectivity index (χ0) is 19.1. The van der Waals surface area contributed by atoms with Crippen LogP contribution < -0.4 is 0 Å². The highest BCUT2D eigenvalue weighted by Crippen LogP contribution is 2.24. The highest BCUT2D eigenvalue weighted by Gasteiger charge is 2.39. The smallest absolute Gasteiger partial charge is 0.324 e. The minimum Gasteiger partial charge on any atom is -0.324 e. The SMILES string of the molecule is Cc1c(C(=O)ON2C(=O)c3ccccc3C2=O)cnn1-c1ccc(F)cc1. The van der Waals surface area contributed by atoms with E-state index in [0.717, 1.165) is 0 Å². The van der Waals surface area contributed by atoms with Crippen LogP contribution in [0.15, 0.2) is 54.7 Å². The summed E-state index contributed by atoms with van der Waals surface area (Å²) in [4.78, 5) is 42.1. The number of hydrogen-bond acceptors (Lipinski definition) is 5. The molecule has 3 aromatic rings. The predicted octanol–water partition coefficient (Wildman–Crippen LogP) is 2.69. The summed E-state index contributed by atoms with van der Waals surface area (Å²) in [6.07, 6.45) is 1.26. The van der Waals surface area contributed by atoms with Crippen molar-refractivity contribution in [1.82, 2.24) is 14.8 Å². The first-order valence-electron chi connectivity index (χ1n) is 7.98. The van der Waals surface area contributed by atoms with Gasteiger partial charge in [-0.3, -0.25) is 9.59 Å². The molecule has 0 N–H and O–H groups in total. The molecule has 0 fully saturated rings. The fraction of sp³-hybridized carbons (Fsp3) is 0.0526. The van der Waals surface area contributed by atoms with Crippen molar-refractivity contribution in [3.05, 3.63) is 82.9 Å². The van der Waals surface area contributed by atoms with Crippen molar-refractivity contribution < 1.29 is 23.6 Å². The Bertz CT molecular complexity index is 1050. The molecule has 1 aliphatic rings. The Morgan fingerprint density at radius 3 is 2.19 bits per heavy atom. The summed E-state index contributed by atoms with van der Waals surface area (Å²) in [5.74, 6) is -2.69. The second-order valence-electron chi connectivity index (χ2n) is 5.86. The number of carbonyl (C=O) groups is 3. The number of aromatic nitrogens is 2. The van der Waals surface area contributed by atoms with E-state index in [1.54, 1.807) is 19.1 Å². The summed E-state index contributed by atoms with van der Waals surface area (Å²) in [7, 11) is 0. The molecule has 0 radical (unpaired) electrons. The summed E-state index contributed by atoms with van der Waals surface area (Å²) in [6, 6.07) is 11.8. The molecule has 0 saturated heterocycles. The number of halogens is 1. The normalized spacial score (nSPS) is 13.0. The minimum absolute atomic E-state index is 0.0795. The Morgan fingerprint density at radius 1 is 1.00 bits per heavy atom. The Kier molecular flexibility index (Phi) is 3.80. The predicted molar refractivity (Wildman–Crippen MR) is 90.6 cm³/mol. The molecule has 0 atom stereocenters. The third-order valence-electron chi connectivity index (χ3n) is 4.23. The van der Waals surface area contributed by atoms with Gasteiger partial charge in [-0.1, -0.05) is 17.2 Å². The van der Waals surface area contributed by atoms with E-state index < -0.39 is 23.6 Å². The van der Waals surface area contributed by atoms with Crippen LogP contribution >= 0.6 is 0 Å². The number of hydrogen-bond donors (Lipinski definition) is 0. The van der Waals surface area contributed by atoms with Crippen LogP contribution in [0.4, 0.5) is 4.39 Å². The number of fused-ring (bicyclic) bond motifs is 1. The molecule has 0 bridgehead atoms. The molecule has 1 aromatic heterocycles. The van der Waals surface area contributed by atoms with E-state index in [0.29, 0.717) is 16.4 Å². The summed E-state index contributed by atoms with van der Waals surface area (Å²) in [5.41, 5.74) is 1.40. The lowest BCUT2D eigenvalue weighted by molar-refractivity contribution is -0.0585. The molecule has 8 heteroatoms. The largest absolute Gasteiger partial charge is 0.367 e. The number of benzene rings is 2. The van der Waals surface area contributed by atoms with Gasteiger partial charge in [-0.25, -0.2) is 13.9 Å². The lowest BCUT2D eigenvalue weighted by Crippen LogP contribution is -2.32. The summed E-state index contributed by atoms with van der Waals surface area (Å²) in [6.45, 7) is 1.62. The zero-order valence-corrected chi connectivity index (χ0v) is 14.0. The van der Waals surface area contributed by atoms with Gasteiger partial charge >= 0.3 is 5.97 Å². The van der Waals surface area contributed by atoms with Crippen molar-refractivity contribution in [2.45, 2.75) is 6.92 Å². The maximum Gasteiger partial charge on any atom is 0.367 e. The molecule has 2 heterocycles. The zero-order valence-electron chi connectivity index (χ0n) is 14.0. The van der Waals surface area contributed by atoms with Gasteiger partial charge in [-0.2, -0.15) is 5.10 Å². The number of nitrogens with zero attached hydrogens (tertiary/aromatic N) is 3. The van der Waals surface area contributed by atoms with Gasteiger partial charge < -0.3 is 4.84 Å². The number of amides is 2. The van der Waals surface area contributed by atoms with Crippen LogP contribution in [-0.2, 0) is 4.84 Å². The van der Waals surface area contributed by atoms with Crippen LogP contribution in [0.2, 0.25) is 0 Å². The molecule has 2 aromatic carbocycles. The van der Waals surface area contributed by atoms with Crippen LogP contribution in [0, 0.1) is 12.7 Å².